The number of ether oxygens (including phenoxy) is 1. The lowest BCUT2D eigenvalue weighted by atomic mass is 10.2. The SMILES string of the molecule is COCCNCCc1ncc(-c2ccc(Cl)cc2F)o1. The third-order valence-electron chi connectivity index (χ3n) is 2.75. The molecule has 4 nitrogen and oxygen atoms in total. The van der Waals surface area contributed by atoms with Crippen LogP contribution in [0.25, 0.3) is 11.3 Å². The van der Waals surface area contributed by atoms with Crippen molar-refractivity contribution >= 4 is 11.6 Å². The Kier molecular flexibility index (Phi) is 5.52. The van der Waals surface area contributed by atoms with E-state index in [9.17, 15) is 4.39 Å². The van der Waals surface area contributed by atoms with E-state index >= 15 is 0 Å². The second-order valence-corrected chi connectivity index (χ2v) is 4.67. The Morgan fingerprint density at radius 3 is 3.00 bits per heavy atom. The van der Waals surface area contributed by atoms with Crippen LogP contribution in [0.4, 0.5) is 4.39 Å². The summed E-state index contributed by atoms with van der Waals surface area (Å²) < 4.78 is 24.2. The molecule has 1 heterocycles. The number of halogens is 2. The van der Waals surface area contributed by atoms with Gasteiger partial charge in [-0.1, -0.05) is 11.6 Å². The zero-order chi connectivity index (χ0) is 14.4. The van der Waals surface area contributed by atoms with Gasteiger partial charge in [0, 0.05) is 31.6 Å². The van der Waals surface area contributed by atoms with E-state index in [1.165, 1.54) is 12.3 Å². The van der Waals surface area contributed by atoms with E-state index in [1.807, 2.05) is 0 Å². The summed E-state index contributed by atoms with van der Waals surface area (Å²) in [5.74, 6) is 0.559. The van der Waals surface area contributed by atoms with Crippen molar-refractivity contribution in [3.8, 4) is 11.3 Å². The van der Waals surface area contributed by atoms with E-state index in [2.05, 4.69) is 10.3 Å². The maximum Gasteiger partial charge on any atom is 0.196 e. The average molecular weight is 299 g/mol. The van der Waals surface area contributed by atoms with Gasteiger partial charge in [-0.15, -0.1) is 0 Å². The summed E-state index contributed by atoms with van der Waals surface area (Å²) in [6.07, 6.45) is 2.16. The molecule has 108 valence electrons. The zero-order valence-corrected chi connectivity index (χ0v) is 11.9. The van der Waals surface area contributed by atoms with Gasteiger partial charge in [0.25, 0.3) is 0 Å². The molecule has 0 unspecified atom stereocenters. The molecule has 0 aliphatic rings. The van der Waals surface area contributed by atoms with Crippen LogP contribution in [0.2, 0.25) is 5.02 Å². The van der Waals surface area contributed by atoms with Crippen LogP contribution in [-0.2, 0) is 11.2 Å². The monoisotopic (exact) mass is 298 g/mol. The van der Waals surface area contributed by atoms with Crippen molar-refractivity contribution in [3.05, 3.63) is 41.1 Å². The molecule has 0 spiro atoms. The van der Waals surface area contributed by atoms with Crippen molar-refractivity contribution in [2.24, 2.45) is 0 Å². The minimum absolute atomic E-state index is 0.355. The Balaban J connectivity index is 1.95. The lowest BCUT2D eigenvalue weighted by Gasteiger charge is -2.01. The molecule has 6 heteroatoms. The molecule has 2 aromatic rings. The van der Waals surface area contributed by atoms with E-state index < -0.39 is 5.82 Å². The highest BCUT2D eigenvalue weighted by atomic mass is 35.5. The molecule has 0 aliphatic heterocycles. The number of nitrogens with zero attached hydrogens (tertiary/aromatic N) is 1. The first-order chi connectivity index (χ1) is 9.70. The number of methoxy groups -OCH3 is 1. The van der Waals surface area contributed by atoms with E-state index in [0.717, 1.165) is 13.1 Å². The second-order valence-electron chi connectivity index (χ2n) is 4.24. The van der Waals surface area contributed by atoms with Crippen molar-refractivity contribution in [3.63, 3.8) is 0 Å². The van der Waals surface area contributed by atoms with E-state index in [4.69, 9.17) is 20.8 Å². The molecular weight excluding hydrogens is 283 g/mol. The maximum atomic E-state index is 13.7. The number of nitrogens with one attached hydrogen (secondary N) is 1. The van der Waals surface area contributed by atoms with Gasteiger partial charge in [0.2, 0.25) is 0 Å². The molecular formula is C14H16ClFN2O2. The summed E-state index contributed by atoms with van der Waals surface area (Å²) in [6.45, 7) is 2.16. The molecule has 0 bridgehead atoms. The van der Waals surface area contributed by atoms with Gasteiger partial charge in [0.1, 0.15) is 5.82 Å². The van der Waals surface area contributed by atoms with Crippen LogP contribution in [-0.4, -0.2) is 31.8 Å². The molecule has 0 radical (unpaired) electrons. The molecule has 0 fully saturated rings. The van der Waals surface area contributed by atoms with Gasteiger partial charge in [-0.05, 0) is 18.2 Å². The Bertz CT molecular complexity index is 560. The largest absolute Gasteiger partial charge is 0.441 e. The van der Waals surface area contributed by atoms with Crippen molar-refractivity contribution in [2.45, 2.75) is 6.42 Å². The maximum absolute atomic E-state index is 13.7. The van der Waals surface area contributed by atoms with Crippen LogP contribution in [0.1, 0.15) is 5.89 Å². The van der Waals surface area contributed by atoms with Crippen LogP contribution in [0.3, 0.4) is 0 Å². The van der Waals surface area contributed by atoms with Gasteiger partial charge in [-0.25, -0.2) is 9.37 Å². The Labute approximate surface area is 121 Å². The summed E-state index contributed by atoms with van der Waals surface area (Å²) in [5.41, 5.74) is 0.362. The third-order valence-corrected chi connectivity index (χ3v) is 2.98. The number of hydrogen-bond donors (Lipinski definition) is 1. The molecule has 0 aliphatic carbocycles. The minimum atomic E-state index is -0.418. The Morgan fingerprint density at radius 2 is 2.25 bits per heavy atom. The summed E-state index contributed by atoms with van der Waals surface area (Å²) in [7, 11) is 1.66. The minimum Gasteiger partial charge on any atom is -0.441 e. The fourth-order valence-corrected chi connectivity index (χ4v) is 1.89. The van der Waals surface area contributed by atoms with Crippen LogP contribution in [0, 0.1) is 5.82 Å². The molecule has 0 saturated heterocycles. The van der Waals surface area contributed by atoms with Gasteiger partial charge >= 0.3 is 0 Å². The number of benzene rings is 1. The number of oxazole rings is 1. The first-order valence-electron chi connectivity index (χ1n) is 6.30. The van der Waals surface area contributed by atoms with Crippen LogP contribution >= 0.6 is 11.6 Å². The van der Waals surface area contributed by atoms with Crippen molar-refractivity contribution in [1.29, 1.82) is 0 Å². The highest BCUT2D eigenvalue weighted by molar-refractivity contribution is 6.30. The smallest absolute Gasteiger partial charge is 0.196 e. The summed E-state index contributed by atoms with van der Waals surface area (Å²) >= 11 is 5.72. The molecule has 0 amide bonds. The second kappa shape index (κ2) is 7.38. The summed E-state index contributed by atoms with van der Waals surface area (Å²) in [5, 5.41) is 3.54. The predicted octanol–water partition coefficient (Wildman–Crippen LogP) is 2.91. The zero-order valence-electron chi connectivity index (χ0n) is 11.2. The standard InChI is InChI=1S/C14H16ClFN2O2/c1-19-7-6-17-5-4-14-18-9-13(20-14)11-3-2-10(15)8-12(11)16/h2-3,8-9,17H,4-7H2,1H3. The fraction of sp³-hybridized carbons (Fsp3) is 0.357. The average Bonchev–Trinajstić information content (AvgIpc) is 2.87. The molecule has 1 aromatic carbocycles. The highest BCUT2D eigenvalue weighted by Crippen LogP contribution is 2.25. The van der Waals surface area contributed by atoms with Gasteiger partial charge in [-0.3, -0.25) is 0 Å². The third kappa shape index (κ3) is 4.03. The Hall–Kier alpha value is -1.43. The van der Waals surface area contributed by atoms with Crippen LogP contribution in [0.15, 0.2) is 28.8 Å². The van der Waals surface area contributed by atoms with E-state index in [1.54, 1.807) is 19.2 Å². The van der Waals surface area contributed by atoms with Crippen molar-refractivity contribution < 1.29 is 13.5 Å². The van der Waals surface area contributed by atoms with Crippen LogP contribution < -0.4 is 5.32 Å². The lowest BCUT2D eigenvalue weighted by Crippen LogP contribution is -2.21. The van der Waals surface area contributed by atoms with Crippen LogP contribution in [0.5, 0.6) is 0 Å². The summed E-state index contributed by atoms with van der Waals surface area (Å²) in [6, 6.07) is 4.46. The molecule has 1 N–H and O–H groups in total. The lowest BCUT2D eigenvalue weighted by molar-refractivity contribution is 0.199. The van der Waals surface area contributed by atoms with Crippen molar-refractivity contribution in [2.75, 3.05) is 26.8 Å². The van der Waals surface area contributed by atoms with Crippen molar-refractivity contribution in [1.82, 2.24) is 10.3 Å². The molecule has 2 rings (SSSR count). The van der Waals surface area contributed by atoms with E-state index in [-0.39, 0.29) is 0 Å². The van der Waals surface area contributed by atoms with Gasteiger partial charge in [0.05, 0.1) is 18.4 Å². The van der Waals surface area contributed by atoms with E-state index in [0.29, 0.717) is 35.3 Å². The van der Waals surface area contributed by atoms with Gasteiger partial charge < -0.3 is 14.5 Å². The van der Waals surface area contributed by atoms with Gasteiger partial charge in [-0.2, -0.15) is 0 Å². The molecule has 1 aromatic heterocycles. The normalized spacial score (nSPS) is 10.9. The number of aromatic nitrogens is 1. The number of hydrogen-bond acceptors (Lipinski definition) is 4. The molecule has 0 atom stereocenters. The van der Waals surface area contributed by atoms with Gasteiger partial charge in [0.15, 0.2) is 11.7 Å². The first-order valence-corrected chi connectivity index (χ1v) is 6.68. The summed E-state index contributed by atoms with van der Waals surface area (Å²) in [4.78, 5) is 4.14. The Morgan fingerprint density at radius 1 is 1.40 bits per heavy atom. The predicted molar refractivity (Wildman–Crippen MR) is 75.4 cm³/mol. The topological polar surface area (TPSA) is 47.3 Å². The molecule has 0 saturated carbocycles. The first kappa shape index (κ1) is 15.0. The molecule has 20 heavy (non-hydrogen) atoms. The quantitative estimate of drug-likeness (QED) is 0.799. The number of rotatable bonds is 7. The fourth-order valence-electron chi connectivity index (χ4n) is 1.73. The highest BCUT2D eigenvalue weighted by Gasteiger charge is 2.11.